The molecule has 2 heterocycles. The van der Waals surface area contributed by atoms with Crippen LogP contribution in [-0.4, -0.2) is 38.9 Å². The van der Waals surface area contributed by atoms with Gasteiger partial charge in [-0.3, -0.25) is 14.3 Å². The smallest absolute Gasteiger partial charge is 0.330 e. The average molecular weight is 547 g/mol. The zero-order valence-corrected chi connectivity index (χ0v) is 26.5. The van der Waals surface area contributed by atoms with Crippen LogP contribution in [0.1, 0.15) is 65.3 Å². The lowest BCUT2D eigenvalue weighted by atomic mass is 9.89. The highest BCUT2D eigenvalue weighted by Gasteiger charge is 2.56. The lowest BCUT2D eigenvalue weighted by Crippen LogP contribution is -2.53. The summed E-state index contributed by atoms with van der Waals surface area (Å²) in [4.78, 5) is 27.4. The molecule has 1 N–H and O–H groups in total. The fourth-order valence-electron chi connectivity index (χ4n) is 4.08. The zero-order chi connectivity index (χ0) is 28.0. The summed E-state index contributed by atoms with van der Waals surface area (Å²) in [6.45, 7) is 24.3. The predicted octanol–water partition coefficient (Wildman–Crippen LogP) is 6.07. The van der Waals surface area contributed by atoms with Gasteiger partial charge in [0.1, 0.15) is 11.8 Å². The number of nitrogens with zero attached hydrogens (tertiary/aromatic N) is 1. The van der Waals surface area contributed by atoms with Crippen LogP contribution >= 0.6 is 0 Å². The standard InChI is InChI=1S/C28H46N2O5Si2/c1-20-18-30(25(32)29-24(20)31)23-17-22(35-37(10,11)27(5,6)7)28(34-23,21-15-13-12-14-16-21)19-33-36(8,9)26(2,3)4/h12-16,18,22-23H,17,19H2,1-11H3,(H,29,31,32)/t22-,23-,28+/m0/s1. The van der Waals surface area contributed by atoms with E-state index in [-0.39, 0.29) is 21.7 Å². The van der Waals surface area contributed by atoms with E-state index in [0.717, 1.165) is 5.56 Å². The minimum absolute atomic E-state index is 0.0147. The molecular weight excluding hydrogens is 500 g/mol. The van der Waals surface area contributed by atoms with Gasteiger partial charge in [0.25, 0.3) is 5.56 Å². The number of nitrogens with one attached hydrogen (secondary N) is 1. The maximum absolute atomic E-state index is 12.9. The Kier molecular flexibility index (Phi) is 8.10. The lowest BCUT2D eigenvalue weighted by Gasteiger charge is -2.45. The molecule has 206 valence electrons. The molecule has 0 unspecified atom stereocenters. The molecule has 1 aromatic heterocycles. The molecule has 0 radical (unpaired) electrons. The van der Waals surface area contributed by atoms with Crippen LogP contribution in [0.4, 0.5) is 0 Å². The largest absolute Gasteiger partial charge is 0.413 e. The Morgan fingerprint density at radius 3 is 2.11 bits per heavy atom. The van der Waals surface area contributed by atoms with Gasteiger partial charge in [0, 0.05) is 18.2 Å². The van der Waals surface area contributed by atoms with E-state index in [2.05, 4.69) is 84.8 Å². The molecule has 37 heavy (non-hydrogen) atoms. The van der Waals surface area contributed by atoms with Crippen LogP contribution in [0, 0.1) is 6.92 Å². The Labute approximate surface area is 223 Å². The molecule has 1 aromatic carbocycles. The quantitative estimate of drug-likeness (QED) is 0.426. The molecule has 1 aliphatic heterocycles. The van der Waals surface area contributed by atoms with E-state index in [1.54, 1.807) is 13.1 Å². The molecule has 7 nitrogen and oxygen atoms in total. The first-order valence-corrected chi connectivity index (χ1v) is 19.0. The molecule has 0 amide bonds. The number of H-pyrrole nitrogens is 1. The Hall–Kier alpha value is -1.79. The Balaban J connectivity index is 2.17. The summed E-state index contributed by atoms with van der Waals surface area (Å²) in [5.41, 5.74) is -0.362. The highest BCUT2D eigenvalue weighted by Crippen LogP contribution is 2.50. The lowest BCUT2D eigenvalue weighted by molar-refractivity contribution is -0.129. The van der Waals surface area contributed by atoms with Crippen molar-refractivity contribution in [3.05, 3.63) is 68.5 Å². The third kappa shape index (κ3) is 5.96. The van der Waals surface area contributed by atoms with Gasteiger partial charge in [0.05, 0.1) is 12.7 Å². The minimum atomic E-state index is -2.24. The third-order valence-electron chi connectivity index (χ3n) is 8.70. The molecule has 1 fully saturated rings. The maximum atomic E-state index is 12.9. The van der Waals surface area contributed by atoms with Crippen molar-refractivity contribution in [1.29, 1.82) is 0 Å². The first kappa shape index (κ1) is 29.8. The van der Waals surface area contributed by atoms with Gasteiger partial charge in [-0.05, 0) is 48.8 Å². The molecule has 2 aromatic rings. The van der Waals surface area contributed by atoms with Gasteiger partial charge in [0.15, 0.2) is 16.6 Å². The third-order valence-corrected chi connectivity index (χ3v) is 17.7. The maximum Gasteiger partial charge on any atom is 0.330 e. The number of benzene rings is 1. The second-order valence-electron chi connectivity index (χ2n) is 13.5. The first-order chi connectivity index (χ1) is 16.8. The molecular formula is C28H46N2O5Si2. The van der Waals surface area contributed by atoms with Crippen LogP contribution in [0.2, 0.25) is 36.3 Å². The Morgan fingerprint density at radius 1 is 1.00 bits per heavy atom. The van der Waals surface area contributed by atoms with Crippen molar-refractivity contribution in [3.8, 4) is 0 Å². The fraction of sp³-hybridized carbons (Fsp3) is 0.643. The number of hydrogen-bond acceptors (Lipinski definition) is 5. The first-order valence-electron chi connectivity index (χ1n) is 13.2. The predicted molar refractivity (Wildman–Crippen MR) is 154 cm³/mol. The normalized spacial score (nSPS) is 23.4. The number of ether oxygens (including phenoxy) is 1. The molecule has 3 rings (SSSR count). The van der Waals surface area contributed by atoms with Crippen molar-refractivity contribution >= 4 is 16.6 Å². The second kappa shape index (κ2) is 10.1. The molecule has 9 heteroatoms. The summed E-state index contributed by atoms with van der Waals surface area (Å²) in [7, 11) is -4.38. The van der Waals surface area contributed by atoms with Crippen LogP contribution in [0.3, 0.4) is 0 Å². The summed E-state index contributed by atoms with van der Waals surface area (Å²) in [6, 6.07) is 10.1. The van der Waals surface area contributed by atoms with Crippen molar-refractivity contribution in [2.45, 2.75) is 109 Å². The van der Waals surface area contributed by atoms with Crippen LogP contribution in [0.15, 0.2) is 46.1 Å². The Morgan fingerprint density at radius 2 is 1.57 bits per heavy atom. The van der Waals surface area contributed by atoms with E-state index < -0.39 is 34.2 Å². The molecule has 3 atom stereocenters. The van der Waals surface area contributed by atoms with Gasteiger partial charge in [-0.2, -0.15) is 0 Å². The van der Waals surface area contributed by atoms with E-state index in [1.165, 1.54) is 4.57 Å². The minimum Gasteiger partial charge on any atom is -0.413 e. The summed E-state index contributed by atoms with van der Waals surface area (Å²) in [6.07, 6.45) is 1.10. The highest BCUT2D eigenvalue weighted by atomic mass is 28.4. The topological polar surface area (TPSA) is 82.6 Å². The molecule has 0 spiro atoms. The molecule has 0 aliphatic carbocycles. The fourth-order valence-corrected chi connectivity index (χ4v) is 6.43. The van der Waals surface area contributed by atoms with Crippen molar-refractivity contribution in [2.24, 2.45) is 0 Å². The van der Waals surface area contributed by atoms with E-state index in [4.69, 9.17) is 13.6 Å². The SMILES string of the molecule is Cc1cn([C@@H]2C[C@H](O[Si](C)(C)C(C)(C)C)[C@@](CO[Si](C)(C)C(C)(C)C)(c3ccccc3)O2)c(=O)[nH]c1=O. The average Bonchev–Trinajstić information content (AvgIpc) is 3.12. The van der Waals surface area contributed by atoms with Gasteiger partial charge >= 0.3 is 5.69 Å². The number of aromatic amines is 1. The Bertz CT molecular complexity index is 1210. The van der Waals surface area contributed by atoms with Crippen molar-refractivity contribution in [2.75, 3.05) is 6.61 Å². The number of aryl methyl sites for hydroxylation is 1. The zero-order valence-electron chi connectivity index (χ0n) is 24.5. The number of hydrogen-bond donors (Lipinski definition) is 1. The van der Waals surface area contributed by atoms with Gasteiger partial charge in [-0.25, -0.2) is 4.79 Å². The van der Waals surface area contributed by atoms with Gasteiger partial charge in [-0.1, -0.05) is 71.9 Å². The van der Waals surface area contributed by atoms with E-state index in [9.17, 15) is 9.59 Å². The molecule has 0 bridgehead atoms. The highest BCUT2D eigenvalue weighted by molar-refractivity contribution is 6.74. The van der Waals surface area contributed by atoms with Crippen molar-refractivity contribution < 1.29 is 13.6 Å². The van der Waals surface area contributed by atoms with E-state index >= 15 is 0 Å². The van der Waals surface area contributed by atoms with Crippen LogP contribution in [0.25, 0.3) is 0 Å². The van der Waals surface area contributed by atoms with Crippen molar-refractivity contribution in [1.82, 2.24) is 9.55 Å². The van der Waals surface area contributed by atoms with Crippen LogP contribution in [0.5, 0.6) is 0 Å². The van der Waals surface area contributed by atoms with E-state index in [0.29, 0.717) is 18.6 Å². The van der Waals surface area contributed by atoms with Gasteiger partial charge in [0.2, 0.25) is 0 Å². The van der Waals surface area contributed by atoms with Crippen molar-refractivity contribution in [3.63, 3.8) is 0 Å². The summed E-state index contributed by atoms with van der Waals surface area (Å²) < 4.78 is 22.3. The summed E-state index contributed by atoms with van der Waals surface area (Å²) in [5, 5.41) is 0.00481. The summed E-state index contributed by atoms with van der Waals surface area (Å²) in [5.74, 6) is 0. The number of aromatic nitrogens is 2. The monoisotopic (exact) mass is 546 g/mol. The number of rotatable bonds is 7. The molecule has 1 saturated heterocycles. The molecule has 0 saturated carbocycles. The van der Waals surface area contributed by atoms with Gasteiger partial charge in [-0.15, -0.1) is 0 Å². The second-order valence-corrected chi connectivity index (χ2v) is 23.0. The van der Waals surface area contributed by atoms with Crippen LogP contribution in [-0.2, 0) is 19.2 Å². The molecule has 1 aliphatic rings. The summed E-state index contributed by atoms with van der Waals surface area (Å²) >= 11 is 0. The van der Waals surface area contributed by atoms with Gasteiger partial charge < -0.3 is 13.6 Å². The van der Waals surface area contributed by atoms with E-state index in [1.807, 2.05) is 18.2 Å². The van der Waals surface area contributed by atoms with Crippen LogP contribution < -0.4 is 11.2 Å².